The molecule has 1 aliphatic rings. The molecule has 0 saturated carbocycles. The number of ether oxygens (including phenoxy) is 1. The van der Waals surface area contributed by atoms with E-state index in [1.807, 2.05) is 30.3 Å². The van der Waals surface area contributed by atoms with E-state index in [-0.39, 0.29) is 18.2 Å². The number of nitrogens with zero attached hydrogens (tertiary/aromatic N) is 1. The Bertz CT molecular complexity index is 756. The predicted molar refractivity (Wildman–Crippen MR) is 99.6 cm³/mol. The first kappa shape index (κ1) is 17.6. The van der Waals surface area contributed by atoms with Crippen molar-refractivity contribution in [1.29, 1.82) is 0 Å². The summed E-state index contributed by atoms with van der Waals surface area (Å²) in [5, 5.41) is 2.86. The van der Waals surface area contributed by atoms with E-state index >= 15 is 0 Å². The summed E-state index contributed by atoms with van der Waals surface area (Å²) in [4.78, 5) is 26.8. The van der Waals surface area contributed by atoms with Crippen molar-refractivity contribution in [3.05, 3.63) is 64.1 Å². The number of anilines is 1. The van der Waals surface area contributed by atoms with Crippen molar-refractivity contribution in [3.8, 4) is 0 Å². The third-order valence-electron chi connectivity index (χ3n) is 4.01. The van der Waals surface area contributed by atoms with Gasteiger partial charge in [0.25, 0.3) is 5.91 Å². The number of para-hydroxylation sites is 1. The van der Waals surface area contributed by atoms with E-state index in [0.29, 0.717) is 37.6 Å². The van der Waals surface area contributed by atoms with Crippen LogP contribution in [0.25, 0.3) is 0 Å². The molecule has 0 unspecified atom stereocenters. The van der Waals surface area contributed by atoms with Crippen LogP contribution in [0.4, 0.5) is 5.69 Å². The Labute approximate surface area is 155 Å². The third-order valence-corrected chi connectivity index (χ3v) is 4.54. The number of hydrogen-bond acceptors (Lipinski definition) is 3. The van der Waals surface area contributed by atoms with Gasteiger partial charge in [-0.1, -0.05) is 40.2 Å². The smallest absolute Gasteiger partial charge is 0.256 e. The molecule has 0 aromatic heterocycles. The molecular weight excluding hydrogens is 384 g/mol. The Hall–Kier alpha value is -2.18. The van der Waals surface area contributed by atoms with Gasteiger partial charge in [0, 0.05) is 17.6 Å². The number of morpholine rings is 1. The molecule has 1 aliphatic heterocycles. The van der Waals surface area contributed by atoms with E-state index in [4.69, 9.17) is 4.74 Å². The highest BCUT2D eigenvalue weighted by atomic mass is 79.9. The summed E-state index contributed by atoms with van der Waals surface area (Å²) in [6, 6.07) is 14.7. The standard InChI is InChI=1S/C19H19BrN2O3/c20-15-7-5-14(6-8-15)13-18(23)21-17-4-2-1-3-16(17)19(24)22-9-11-25-12-10-22/h1-8H,9-13H2,(H,21,23). The van der Waals surface area contributed by atoms with Crippen LogP contribution in [0.15, 0.2) is 53.0 Å². The molecule has 25 heavy (non-hydrogen) atoms. The molecule has 3 rings (SSSR count). The molecule has 1 saturated heterocycles. The average molecular weight is 403 g/mol. The lowest BCUT2D eigenvalue weighted by atomic mass is 10.1. The summed E-state index contributed by atoms with van der Waals surface area (Å²) in [5.41, 5.74) is 1.97. The zero-order valence-corrected chi connectivity index (χ0v) is 15.3. The summed E-state index contributed by atoms with van der Waals surface area (Å²) < 4.78 is 6.26. The SMILES string of the molecule is O=C(Cc1ccc(Br)cc1)Nc1ccccc1C(=O)N1CCOCC1. The number of carbonyl (C=O) groups excluding carboxylic acids is 2. The van der Waals surface area contributed by atoms with E-state index in [1.165, 1.54) is 0 Å². The Morgan fingerprint density at radius 2 is 1.72 bits per heavy atom. The van der Waals surface area contributed by atoms with Gasteiger partial charge in [0.1, 0.15) is 0 Å². The van der Waals surface area contributed by atoms with Crippen molar-refractivity contribution in [2.75, 3.05) is 31.6 Å². The molecule has 2 aromatic rings. The van der Waals surface area contributed by atoms with Crippen LogP contribution in [0, 0.1) is 0 Å². The molecular formula is C19H19BrN2O3. The molecule has 1 N–H and O–H groups in total. The van der Waals surface area contributed by atoms with Crippen LogP contribution in [-0.2, 0) is 16.0 Å². The van der Waals surface area contributed by atoms with Gasteiger partial charge in [-0.05, 0) is 29.8 Å². The minimum atomic E-state index is -0.149. The molecule has 6 heteroatoms. The molecule has 1 fully saturated rings. The maximum absolute atomic E-state index is 12.7. The highest BCUT2D eigenvalue weighted by Gasteiger charge is 2.21. The normalized spacial score (nSPS) is 14.2. The molecule has 1 heterocycles. The maximum atomic E-state index is 12.7. The van der Waals surface area contributed by atoms with Crippen molar-refractivity contribution in [2.45, 2.75) is 6.42 Å². The summed E-state index contributed by atoms with van der Waals surface area (Å²) in [6.07, 6.45) is 0.257. The van der Waals surface area contributed by atoms with Gasteiger partial charge < -0.3 is 15.0 Å². The molecule has 2 amide bonds. The molecule has 5 nitrogen and oxygen atoms in total. The lowest BCUT2D eigenvalue weighted by Crippen LogP contribution is -2.41. The van der Waals surface area contributed by atoms with Gasteiger partial charge in [-0.15, -0.1) is 0 Å². The van der Waals surface area contributed by atoms with E-state index in [1.54, 1.807) is 23.1 Å². The predicted octanol–water partition coefficient (Wildman–Crippen LogP) is 3.10. The lowest BCUT2D eigenvalue weighted by molar-refractivity contribution is -0.115. The molecule has 0 atom stereocenters. The first-order valence-corrected chi connectivity index (χ1v) is 8.93. The monoisotopic (exact) mass is 402 g/mol. The van der Waals surface area contributed by atoms with Gasteiger partial charge >= 0.3 is 0 Å². The lowest BCUT2D eigenvalue weighted by Gasteiger charge is -2.27. The molecule has 0 aliphatic carbocycles. The average Bonchev–Trinajstić information content (AvgIpc) is 2.64. The summed E-state index contributed by atoms with van der Waals surface area (Å²) in [6.45, 7) is 2.23. The van der Waals surface area contributed by atoms with E-state index in [9.17, 15) is 9.59 Å². The van der Waals surface area contributed by atoms with Crippen LogP contribution < -0.4 is 5.32 Å². The van der Waals surface area contributed by atoms with Crippen LogP contribution in [0.3, 0.4) is 0 Å². The molecule has 0 bridgehead atoms. The fourth-order valence-corrected chi connectivity index (χ4v) is 2.96. The van der Waals surface area contributed by atoms with Gasteiger partial charge in [-0.25, -0.2) is 0 Å². The number of hydrogen-bond donors (Lipinski definition) is 1. The minimum Gasteiger partial charge on any atom is -0.378 e. The van der Waals surface area contributed by atoms with Crippen LogP contribution in [0.2, 0.25) is 0 Å². The fourth-order valence-electron chi connectivity index (χ4n) is 2.70. The first-order chi connectivity index (χ1) is 12.1. The second kappa shape index (κ2) is 8.27. The minimum absolute atomic E-state index is 0.0807. The number of amides is 2. The highest BCUT2D eigenvalue weighted by Crippen LogP contribution is 2.19. The maximum Gasteiger partial charge on any atom is 0.256 e. The Balaban J connectivity index is 1.70. The number of carbonyl (C=O) groups is 2. The Kier molecular flexibility index (Phi) is 5.83. The summed E-state index contributed by atoms with van der Waals surface area (Å²) in [7, 11) is 0. The van der Waals surface area contributed by atoms with E-state index in [0.717, 1.165) is 10.0 Å². The van der Waals surface area contributed by atoms with Crippen molar-refractivity contribution >= 4 is 33.4 Å². The second-order valence-electron chi connectivity index (χ2n) is 5.80. The Morgan fingerprint density at radius 3 is 2.44 bits per heavy atom. The largest absolute Gasteiger partial charge is 0.378 e. The molecule has 130 valence electrons. The van der Waals surface area contributed by atoms with Crippen LogP contribution in [0.5, 0.6) is 0 Å². The van der Waals surface area contributed by atoms with E-state index < -0.39 is 0 Å². The fraction of sp³-hybridized carbons (Fsp3) is 0.263. The highest BCUT2D eigenvalue weighted by molar-refractivity contribution is 9.10. The van der Waals surface area contributed by atoms with E-state index in [2.05, 4.69) is 21.2 Å². The number of halogens is 1. The van der Waals surface area contributed by atoms with Gasteiger partial charge in [0.05, 0.1) is 30.9 Å². The molecule has 2 aromatic carbocycles. The zero-order chi connectivity index (χ0) is 17.6. The van der Waals surface area contributed by atoms with Gasteiger partial charge in [-0.2, -0.15) is 0 Å². The van der Waals surface area contributed by atoms with Gasteiger partial charge in [0.2, 0.25) is 5.91 Å². The summed E-state index contributed by atoms with van der Waals surface area (Å²) in [5.74, 6) is -0.229. The topological polar surface area (TPSA) is 58.6 Å². The Morgan fingerprint density at radius 1 is 1.04 bits per heavy atom. The van der Waals surface area contributed by atoms with Crippen molar-refractivity contribution in [3.63, 3.8) is 0 Å². The van der Waals surface area contributed by atoms with Crippen molar-refractivity contribution < 1.29 is 14.3 Å². The van der Waals surface area contributed by atoms with Crippen molar-refractivity contribution in [2.24, 2.45) is 0 Å². The second-order valence-corrected chi connectivity index (χ2v) is 6.72. The number of rotatable bonds is 4. The van der Waals surface area contributed by atoms with Crippen LogP contribution >= 0.6 is 15.9 Å². The number of benzene rings is 2. The van der Waals surface area contributed by atoms with Crippen LogP contribution in [-0.4, -0.2) is 43.0 Å². The third kappa shape index (κ3) is 4.67. The zero-order valence-electron chi connectivity index (χ0n) is 13.7. The van der Waals surface area contributed by atoms with Crippen LogP contribution in [0.1, 0.15) is 15.9 Å². The molecule has 0 spiro atoms. The van der Waals surface area contributed by atoms with Gasteiger partial charge in [-0.3, -0.25) is 9.59 Å². The number of nitrogens with one attached hydrogen (secondary N) is 1. The van der Waals surface area contributed by atoms with Crippen molar-refractivity contribution in [1.82, 2.24) is 4.90 Å². The molecule has 0 radical (unpaired) electrons. The summed E-state index contributed by atoms with van der Waals surface area (Å²) >= 11 is 3.38. The first-order valence-electron chi connectivity index (χ1n) is 8.14. The quantitative estimate of drug-likeness (QED) is 0.854. The van der Waals surface area contributed by atoms with Gasteiger partial charge in [0.15, 0.2) is 0 Å².